The molecule has 0 saturated carbocycles. The summed E-state index contributed by atoms with van der Waals surface area (Å²) < 4.78 is 18.6. The number of hydrogen-bond donors (Lipinski definition) is 2. The fraction of sp³-hybridized carbons (Fsp3) is 0.258. The standard InChI is InChI=1S/C31H33FN4O4/c1-35(2)18-17-27(37)36(3)24-13-11-23(12-14-24)33-30(21-8-5-20(6-9-21)7-16-28(38)40-4)29-25-15-10-22(32)19-26(25)34-31(29)39/h5-6,8-15,19,33H,7,16-18H2,1-4H3,(H,34,39)/b30-29-. The highest BCUT2D eigenvalue weighted by Gasteiger charge is 2.29. The van der Waals surface area contributed by atoms with Gasteiger partial charge in [-0.3, -0.25) is 14.4 Å². The lowest BCUT2D eigenvalue weighted by Crippen LogP contribution is -2.29. The summed E-state index contributed by atoms with van der Waals surface area (Å²) >= 11 is 0. The first-order valence-electron chi connectivity index (χ1n) is 13.0. The Balaban J connectivity index is 1.65. The van der Waals surface area contributed by atoms with Gasteiger partial charge in [-0.1, -0.05) is 24.3 Å². The van der Waals surface area contributed by atoms with Crippen molar-refractivity contribution in [2.45, 2.75) is 19.3 Å². The minimum absolute atomic E-state index is 0.0102. The number of nitrogens with zero attached hydrogens (tertiary/aromatic N) is 2. The van der Waals surface area contributed by atoms with Gasteiger partial charge in [-0.2, -0.15) is 0 Å². The van der Waals surface area contributed by atoms with Gasteiger partial charge in [0, 0.05) is 43.4 Å². The summed E-state index contributed by atoms with van der Waals surface area (Å²) in [5.41, 5.74) is 5.07. The molecule has 0 aliphatic carbocycles. The summed E-state index contributed by atoms with van der Waals surface area (Å²) in [6.45, 7) is 0.661. The van der Waals surface area contributed by atoms with E-state index in [4.69, 9.17) is 4.74 Å². The molecule has 0 aromatic heterocycles. The molecule has 8 nitrogen and oxygen atoms in total. The summed E-state index contributed by atoms with van der Waals surface area (Å²) in [6, 6.07) is 19.1. The third kappa shape index (κ3) is 6.73. The number of esters is 1. The lowest BCUT2D eigenvalue weighted by atomic mass is 9.98. The van der Waals surface area contributed by atoms with E-state index in [0.717, 1.165) is 16.8 Å². The number of hydrogen-bond acceptors (Lipinski definition) is 6. The minimum atomic E-state index is -0.440. The van der Waals surface area contributed by atoms with Crippen LogP contribution in [0.3, 0.4) is 0 Å². The Bertz CT molecular complexity index is 1430. The van der Waals surface area contributed by atoms with E-state index >= 15 is 0 Å². The van der Waals surface area contributed by atoms with Crippen LogP contribution in [0.4, 0.5) is 21.5 Å². The Morgan fingerprint density at radius 2 is 1.65 bits per heavy atom. The van der Waals surface area contributed by atoms with Gasteiger partial charge in [-0.05, 0) is 74.1 Å². The molecule has 0 radical (unpaired) electrons. The number of ether oxygens (including phenoxy) is 1. The van der Waals surface area contributed by atoms with Gasteiger partial charge in [-0.15, -0.1) is 0 Å². The first-order chi connectivity index (χ1) is 19.2. The molecule has 0 bridgehead atoms. The van der Waals surface area contributed by atoms with Crippen molar-refractivity contribution in [1.29, 1.82) is 0 Å². The van der Waals surface area contributed by atoms with Crippen LogP contribution in [0.5, 0.6) is 0 Å². The van der Waals surface area contributed by atoms with Crippen LogP contribution in [-0.4, -0.2) is 57.5 Å². The van der Waals surface area contributed by atoms with Crippen molar-refractivity contribution in [3.05, 3.63) is 89.2 Å². The molecule has 40 heavy (non-hydrogen) atoms. The lowest BCUT2D eigenvalue weighted by Gasteiger charge is -2.20. The highest BCUT2D eigenvalue weighted by molar-refractivity contribution is 6.37. The molecule has 0 fully saturated rings. The first-order valence-corrected chi connectivity index (χ1v) is 13.0. The maximum absolute atomic E-state index is 13.9. The normalized spacial score (nSPS) is 13.5. The Morgan fingerprint density at radius 1 is 0.950 bits per heavy atom. The SMILES string of the molecule is COC(=O)CCc1ccc(/C(Nc2ccc(N(C)C(=O)CCN(C)C)cc2)=C2/C(=O)Nc3cc(F)ccc32)cc1. The predicted molar refractivity (Wildman–Crippen MR) is 155 cm³/mol. The molecule has 1 aliphatic heterocycles. The Hall–Kier alpha value is -4.50. The van der Waals surface area contributed by atoms with Crippen LogP contribution in [0, 0.1) is 5.82 Å². The van der Waals surface area contributed by atoms with Gasteiger partial charge in [0.05, 0.1) is 24.1 Å². The van der Waals surface area contributed by atoms with Gasteiger partial charge < -0.3 is 25.2 Å². The van der Waals surface area contributed by atoms with E-state index in [1.807, 2.05) is 67.5 Å². The number of carbonyl (C=O) groups is 3. The van der Waals surface area contributed by atoms with Crippen molar-refractivity contribution in [2.24, 2.45) is 0 Å². The molecule has 0 spiro atoms. The molecule has 4 rings (SSSR count). The highest BCUT2D eigenvalue weighted by Crippen LogP contribution is 2.38. The van der Waals surface area contributed by atoms with Gasteiger partial charge in [0.15, 0.2) is 0 Å². The maximum Gasteiger partial charge on any atom is 0.305 e. The smallest absolute Gasteiger partial charge is 0.305 e. The van der Waals surface area contributed by atoms with Gasteiger partial charge in [0.25, 0.3) is 5.91 Å². The van der Waals surface area contributed by atoms with Crippen molar-refractivity contribution in [3.8, 4) is 0 Å². The van der Waals surface area contributed by atoms with Crippen molar-refractivity contribution in [2.75, 3.05) is 50.3 Å². The third-order valence-electron chi connectivity index (χ3n) is 6.74. The summed E-state index contributed by atoms with van der Waals surface area (Å²) in [6.07, 6.45) is 1.20. The molecule has 2 N–H and O–H groups in total. The van der Waals surface area contributed by atoms with E-state index in [1.165, 1.54) is 19.2 Å². The van der Waals surface area contributed by atoms with Crippen LogP contribution >= 0.6 is 0 Å². The molecule has 3 aromatic rings. The van der Waals surface area contributed by atoms with Crippen molar-refractivity contribution < 1.29 is 23.5 Å². The molecular weight excluding hydrogens is 511 g/mol. The van der Waals surface area contributed by atoms with Gasteiger partial charge in [0.2, 0.25) is 5.91 Å². The Kier molecular flexibility index (Phi) is 8.96. The van der Waals surface area contributed by atoms with E-state index in [1.54, 1.807) is 18.0 Å². The molecule has 0 atom stereocenters. The zero-order chi connectivity index (χ0) is 28.8. The number of carbonyl (C=O) groups excluding carboxylic acids is 3. The van der Waals surface area contributed by atoms with Crippen LogP contribution < -0.4 is 15.5 Å². The Labute approximate surface area is 233 Å². The summed E-state index contributed by atoms with van der Waals surface area (Å²) in [4.78, 5) is 40.8. The van der Waals surface area contributed by atoms with E-state index in [9.17, 15) is 18.8 Å². The monoisotopic (exact) mass is 544 g/mol. The van der Waals surface area contributed by atoms with E-state index in [2.05, 4.69) is 10.6 Å². The molecule has 9 heteroatoms. The zero-order valence-corrected chi connectivity index (χ0v) is 23.1. The van der Waals surface area contributed by atoms with Crippen LogP contribution in [0.25, 0.3) is 11.3 Å². The number of fused-ring (bicyclic) bond motifs is 1. The number of aryl methyl sites for hydroxylation is 1. The molecule has 2 amide bonds. The number of methoxy groups -OCH3 is 1. The molecule has 1 aliphatic rings. The first kappa shape index (κ1) is 28.5. The second-order valence-corrected chi connectivity index (χ2v) is 9.84. The quantitative estimate of drug-likeness (QED) is 0.282. The third-order valence-corrected chi connectivity index (χ3v) is 6.74. The summed E-state index contributed by atoms with van der Waals surface area (Å²) in [5.74, 6) is -1.06. The van der Waals surface area contributed by atoms with Gasteiger partial charge >= 0.3 is 5.97 Å². The fourth-order valence-corrected chi connectivity index (χ4v) is 4.40. The maximum atomic E-state index is 13.9. The number of anilines is 3. The molecule has 1 heterocycles. The summed E-state index contributed by atoms with van der Waals surface area (Å²) in [7, 11) is 6.96. The van der Waals surface area contributed by atoms with Crippen molar-refractivity contribution in [1.82, 2.24) is 4.90 Å². The molecule has 0 saturated heterocycles. The molecule has 0 unspecified atom stereocenters. The average Bonchev–Trinajstić information content (AvgIpc) is 3.27. The number of nitrogens with one attached hydrogen (secondary N) is 2. The second-order valence-electron chi connectivity index (χ2n) is 9.84. The fourth-order valence-electron chi connectivity index (χ4n) is 4.40. The molecule has 208 valence electrons. The van der Waals surface area contributed by atoms with Gasteiger partial charge in [0.1, 0.15) is 5.82 Å². The van der Waals surface area contributed by atoms with Crippen LogP contribution in [0.2, 0.25) is 0 Å². The van der Waals surface area contributed by atoms with E-state index < -0.39 is 5.82 Å². The molecular formula is C31H33FN4O4. The van der Waals surface area contributed by atoms with Crippen molar-refractivity contribution >= 4 is 46.1 Å². The highest BCUT2D eigenvalue weighted by atomic mass is 19.1. The number of amides is 2. The van der Waals surface area contributed by atoms with Crippen LogP contribution in [-0.2, 0) is 25.5 Å². The lowest BCUT2D eigenvalue weighted by molar-refractivity contribution is -0.140. The van der Waals surface area contributed by atoms with Crippen LogP contribution in [0.1, 0.15) is 29.5 Å². The van der Waals surface area contributed by atoms with Gasteiger partial charge in [-0.25, -0.2) is 4.39 Å². The van der Waals surface area contributed by atoms with E-state index in [0.29, 0.717) is 47.6 Å². The molecule has 3 aromatic carbocycles. The average molecular weight is 545 g/mol. The zero-order valence-electron chi connectivity index (χ0n) is 23.1. The topological polar surface area (TPSA) is 91.0 Å². The number of rotatable bonds is 10. The summed E-state index contributed by atoms with van der Waals surface area (Å²) in [5, 5.41) is 6.13. The van der Waals surface area contributed by atoms with Crippen LogP contribution in [0.15, 0.2) is 66.7 Å². The Morgan fingerprint density at radius 3 is 2.30 bits per heavy atom. The van der Waals surface area contributed by atoms with Crippen molar-refractivity contribution in [3.63, 3.8) is 0 Å². The largest absolute Gasteiger partial charge is 0.469 e. The number of benzene rings is 3. The number of halogens is 1. The second kappa shape index (κ2) is 12.6. The van der Waals surface area contributed by atoms with E-state index in [-0.39, 0.29) is 24.2 Å². The predicted octanol–water partition coefficient (Wildman–Crippen LogP) is 4.78. The minimum Gasteiger partial charge on any atom is -0.469 e.